The number of ether oxygens (including phenoxy) is 2. The maximum Gasteiger partial charge on any atom is 0.302 e. The summed E-state index contributed by atoms with van der Waals surface area (Å²) in [5, 5.41) is 10.8. The largest absolute Gasteiger partial charge is 0.463 e. The molecule has 0 aromatic heterocycles. The summed E-state index contributed by atoms with van der Waals surface area (Å²) in [7, 11) is 10.4. The molecule has 92 heavy (non-hydrogen) atoms. The Bertz CT molecular complexity index is 3940. The van der Waals surface area contributed by atoms with Crippen LogP contribution in [-0.2, 0) is 58.6 Å². The molecule has 0 saturated carbocycles. The Balaban J connectivity index is 0.924. The number of esters is 2. The van der Waals surface area contributed by atoms with E-state index in [4.69, 9.17) is 9.47 Å². The van der Waals surface area contributed by atoms with Crippen LogP contribution < -0.4 is 16.0 Å². The number of hydrogen-bond donors (Lipinski definition) is 3. The second kappa shape index (κ2) is 24.6. The van der Waals surface area contributed by atoms with Crippen molar-refractivity contribution in [2.24, 2.45) is 0 Å². The van der Waals surface area contributed by atoms with Gasteiger partial charge in [-0.25, -0.2) is 0 Å². The van der Waals surface area contributed by atoms with Gasteiger partial charge in [0.2, 0.25) is 0 Å². The predicted octanol–water partition coefficient (Wildman–Crippen LogP) is 13.1. The minimum absolute atomic E-state index is 0.0891. The highest BCUT2D eigenvalue weighted by Gasteiger charge is 2.77. The van der Waals surface area contributed by atoms with Gasteiger partial charge >= 0.3 is 11.9 Å². The van der Waals surface area contributed by atoms with Gasteiger partial charge in [0.25, 0.3) is 23.6 Å². The molecule has 0 radical (unpaired) electrons. The first-order chi connectivity index (χ1) is 44.7. The van der Waals surface area contributed by atoms with E-state index in [0.717, 1.165) is 55.9 Å². The summed E-state index contributed by atoms with van der Waals surface area (Å²) < 4.78 is 9.56. The van der Waals surface area contributed by atoms with Gasteiger partial charge in [0.15, 0.2) is 9.74 Å². The fraction of sp³-hybridized carbons (Fsp3) is 0.250. The third-order valence-corrected chi connectivity index (χ3v) is 29.3. The molecule has 466 valence electrons. The van der Waals surface area contributed by atoms with Gasteiger partial charge in [-0.1, -0.05) is 240 Å². The average molecular weight is 1330 g/mol. The van der Waals surface area contributed by atoms with Crippen LogP contribution in [0.25, 0.3) is 0 Å². The van der Waals surface area contributed by atoms with Gasteiger partial charge in [-0.05, 0) is 104 Å². The molecular weight excluding hydrogens is 1270 g/mol. The highest BCUT2D eigenvalue weighted by atomic mass is 33.5. The predicted molar refractivity (Wildman–Crippen MR) is 370 cm³/mol. The van der Waals surface area contributed by atoms with Crippen molar-refractivity contribution in [1.29, 1.82) is 0 Å². The van der Waals surface area contributed by atoms with Gasteiger partial charge in [0, 0.05) is 55.9 Å². The lowest BCUT2D eigenvalue weighted by molar-refractivity contribution is -0.166. The molecule has 14 nitrogen and oxygen atoms in total. The van der Waals surface area contributed by atoms with E-state index in [0.29, 0.717) is 0 Å². The van der Waals surface area contributed by atoms with Crippen molar-refractivity contribution in [2.45, 2.75) is 87.6 Å². The van der Waals surface area contributed by atoms with Crippen LogP contribution in [0.3, 0.4) is 0 Å². The van der Waals surface area contributed by atoms with Crippen molar-refractivity contribution >= 4 is 110 Å². The highest BCUT2D eigenvalue weighted by Crippen LogP contribution is 2.72. The van der Waals surface area contributed by atoms with Gasteiger partial charge in [-0.3, -0.25) is 38.6 Å². The molecule has 4 fully saturated rings. The summed E-state index contributed by atoms with van der Waals surface area (Å²) in [6, 6.07) is 75.4. The van der Waals surface area contributed by atoms with Crippen LogP contribution in [0.4, 0.5) is 11.4 Å². The van der Waals surface area contributed by atoms with E-state index < -0.39 is 84.1 Å². The number of amides is 4. The van der Waals surface area contributed by atoms with Crippen molar-refractivity contribution in [3.63, 3.8) is 0 Å². The quantitative estimate of drug-likeness (QED) is 0.0374. The monoisotopic (exact) mass is 1330 g/mol. The molecule has 8 aromatic carbocycles. The molecule has 14 rings (SSSR count). The summed E-state index contributed by atoms with van der Waals surface area (Å²) in [6.07, 6.45) is -1.37. The number of benzene rings is 8. The molecule has 6 aliphatic rings. The van der Waals surface area contributed by atoms with E-state index in [1.54, 1.807) is 38.4 Å². The number of anilines is 2. The molecule has 0 spiro atoms. The number of rotatable bonds is 20. The van der Waals surface area contributed by atoms with E-state index in [-0.39, 0.29) is 38.4 Å². The smallest absolute Gasteiger partial charge is 0.302 e. The minimum Gasteiger partial charge on any atom is -0.463 e. The summed E-state index contributed by atoms with van der Waals surface area (Å²) in [6.45, 7) is 1.82. The van der Waals surface area contributed by atoms with Crippen LogP contribution >= 0.6 is 62.8 Å². The third kappa shape index (κ3) is 9.90. The van der Waals surface area contributed by atoms with E-state index in [9.17, 15) is 9.59 Å². The zero-order chi connectivity index (χ0) is 63.5. The topological polar surface area (TPSA) is 167 Å². The van der Waals surface area contributed by atoms with Crippen molar-refractivity contribution in [1.82, 2.24) is 20.0 Å². The Morgan fingerprint density at radius 1 is 0.467 bits per heavy atom. The molecule has 3 N–H and O–H groups in total. The lowest BCUT2D eigenvalue weighted by Gasteiger charge is -2.48. The first-order valence-electron chi connectivity index (χ1n) is 30.4. The Morgan fingerprint density at radius 3 is 1.22 bits per heavy atom. The molecule has 4 amide bonds. The standard InChI is InChI=1S/C72H64N6O8S6/c1-47(79)85-42-59-61(81)77-63-67(55-38-22-24-40-57(55)73-63,45-69(77,65(83)75-59)87-91-89-71(49-26-10-4-11-27-49,50-28-12-5-13-29-50)51-30-14-6-15-31-51)44-68-46-70(66(84)76(3)60(43-86-48(2)80)62(82)78(70)64(68)74-58-41-25-23-39-56(58)68)88-92-90-72(52-32-16-7-17-33-52,53-34-18-8-19-35-53)54-36-20-9-21-37-54/h4-41,59-60,63-64,73-74H,42-46H2,1-3H3,(H,75,83)/t59-,60-,63?,64?,67+,68+,69-,70-/m0/s1. The molecule has 2 unspecified atom stereocenters. The molecule has 8 aromatic rings. The minimum atomic E-state index is -1.62. The van der Waals surface area contributed by atoms with Crippen molar-refractivity contribution in [2.75, 3.05) is 30.9 Å². The number of carbonyl (C=O) groups excluding carboxylic acids is 6. The van der Waals surface area contributed by atoms with Crippen LogP contribution in [0.15, 0.2) is 231 Å². The first kappa shape index (κ1) is 61.8. The van der Waals surface area contributed by atoms with Gasteiger partial charge in [0.1, 0.15) is 47.1 Å². The Morgan fingerprint density at radius 2 is 0.815 bits per heavy atom. The van der Waals surface area contributed by atoms with Gasteiger partial charge < -0.3 is 30.3 Å². The van der Waals surface area contributed by atoms with Gasteiger partial charge in [0.05, 0.1) is 0 Å². The number of piperazine rings is 2. The summed E-state index contributed by atoms with van der Waals surface area (Å²) >= 11 is 0. The maximum absolute atomic E-state index is 16.4. The molecule has 6 heterocycles. The molecular formula is C72H64N6O8S6. The van der Waals surface area contributed by atoms with Crippen LogP contribution in [-0.4, -0.2) is 105 Å². The van der Waals surface area contributed by atoms with Crippen molar-refractivity contribution in [3.05, 3.63) is 275 Å². The van der Waals surface area contributed by atoms with Crippen LogP contribution in [0.5, 0.6) is 0 Å². The summed E-state index contributed by atoms with van der Waals surface area (Å²) in [5.74, 6) is -2.78. The number of para-hydroxylation sites is 2. The zero-order valence-electron chi connectivity index (χ0n) is 50.3. The maximum atomic E-state index is 16.4. The fourth-order valence-electron chi connectivity index (χ4n) is 15.2. The van der Waals surface area contributed by atoms with E-state index in [1.807, 2.05) is 146 Å². The Kier molecular flexibility index (Phi) is 16.5. The number of fused-ring (bicyclic) bond motifs is 10. The molecule has 20 heteroatoms. The zero-order valence-corrected chi connectivity index (χ0v) is 55.2. The van der Waals surface area contributed by atoms with E-state index in [1.165, 1.54) is 60.0 Å². The second-order valence-corrected chi connectivity index (χ2v) is 32.9. The van der Waals surface area contributed by atoms with Gasteiger partial charge in [-0.15, -0.1) is 0 Å². The molecule has 4 saturated heterocycles. The lowest BCUT2D eigenvalue weighted by Crippen LogP contribution is -2.70. The van der Waals surface area contributed by atoms with Crippen molar-refractivity contribution < 1.29 is 38.2 Å². The number of hydrogen-bond acceptors (Lipinski definition) is 16. The normalized spacial score (nSPS) is 25.1. The second-order valence-electron chi connectivity index (χ2n) is 24.1. The van der Waals surface area contributed by atoms with E-state index >= 15 is 19.2 Å². The third-order valence-electron chi connectivity index (χ3n) is 19.1. The fourth-order valence-corrected chi connectivity index (χ4v) is 27.6. The summed E-state index contributed by atoms with van der Waals surface area (Å²) in [4.78, 5) is 91.6. The van der Waals surface area contributed by atoms with Gasteiger partial charge in [-0.2, -0.15) is 0 Å². The lowest BCUT2D eigenvalue weighted by atomic mass is 9.62. The molecule has 0 bridgehead atoms. The number of nitrogens with one attached hydrogen (secondary N) is 3. The molecule has 6 aliphatic heterocycles. The molecule has 0 aliphatic carbocycles. The highest BCUT2D eigenvalue weighted by molar-refractivity contribution is 9.10. The number of nitrogens with zero attached hydrogens (tertiary/aromatic N) is 3. The first-order valence-corrected chi connectivity index (χ1v) is 37.3. The Labute approximate surface area is 557 Å². The Hall–Kier alpha value is -7.72. The van der Waals surface area contributed by atoms with Crippen LogP contribution in [0.1, 0.15) is 77.6 Å². The van der Waals surface area contributed by atoms with Crippen LogP contribution in [0.2, 0.25) is 0 Å². The molecule has 8 atom stereocenters. The summed E-state index contributed by atoms with van der Waals surface area (Å²) in [5.41, 5.74) is 7.12. The van der Waals surface area contributed by atoms with Crippen molar-refractivity contribution in [3.8, 4) is 0 Å². The van der Waals surface area contributed by atoms with Crippen LogP contribution in [0, 0.1) is 0 Å². The average Bonchev–Trinajstić information content (AvgIpc) is 1.50. The number of likely N-dealkylation sites (N-methyl/N-ethyl adjacent to an activating group) is 1. The SMILES string of the molecule is CC(=O)OC[C@@H]1NC(=O)[C@@]2(SSSC(c3ccccc3)(c3ccccc3)c3ccccc3)C[C@]3(C[C@]45C[C@]6(SSSC(c7ccccc7)(c7ccccc7)c7ccccc7)C(=O)N(C)[C@@H](COC(C)=O)C(=O)N6C4Nc4ccccc45)c4ccccc4NC3N2C1=O. The number of carbonyl (C=O) groups is 6. The van der Waals surface area contributed by atoms with E-state index in [2.05, 4.69) is 101 Å².